The zero-order chi connectivity index (χ0) is 18.4. The molecule has 8 heteroatoms. The monoisotopic (exact) mass is 343 g/mol. The summed E-state index contributed by atoms with van der Waals surface area (Å²) >= 11 is 0. The molecule has 8 nitrogen and oxygen atoms in total. The first kappa shape index (κ1) is 17.9. The van der Waals surface area contributed by atoms with E-state index in [2.05, 4.69) is 10.5 Å². The first-order valence-electron chi connectivity index (χ1n) is 7.36. The van der Waals surface area contributed by atoms with E-state index in [-0.39, 0.29) is 18.0 Å². The lowest BCUT2D eigenvalue weighted by Gasteiger charge is -2.11. The van der Waals surface area contributed by atoms with Crippen LogP contribution in [-0.2, 0) is 4.79 Å². The molecule has 0 radical (unpaired) electrons. The fourth-order valence-corrected chi connectivity index (χ4v) is 2.21. The summed E-state index contributed by atoms with van der Waals surface area (Å²) in [7, 11) is 0. The van der Waals surface area contributed by atoms with Gasteiger partial charge in [-0.1, -0.05) is 12.1 Å². The summed E-state index contributed by atoms with van der Waals surface area (Å²) in [5, 5.41) is 23.9. The van der Waals surface area contributed by atoms with Crippen molar-refractivity contribution >= 4 is 17.8 Å². The second kappa shape index (κ2) is 7.91. The molecule has 2 rings (SSSR count). The molecule has 0 unspecified atom stereocenters. The van der Waals surface area contributed by atoms with E-state index in [1.54, 1.807) is 26.0 Å². The molecule has 2 aromatic carbocycles. The smallest absolute Gasteiger partial charge is 0.277 e. The number of phenolic OH excluding ortho intramolecular Hbond substituents is 1. The van der Waals surface area contributed by atoms with E-state index in [0.717, 1.165) is 0 Å². The van der Waals surface area contributed by atoms with Gasteiger partial charge in [0.05, 0.1) is 11.1 Å². The van der Waals surface area contributed by atoms with E-state index in [0.29, 0.717) is 22.4 Å². The number of aromatic hydroxyl groups is 1. The predicted molar refractivity (Wildman–Crippen MR) is 91.9 cm³/mol. The summed E-state index contributed by atoms with van der Waals surface area (Å²) in [6, 6.07) is 9.17. The van der Waals surface area contributed by atoms with Crippen LogP contribution in [0.2, 0.25) is 0 Å². The maximum atomic E-state index is 11.8. The molecule has 0 bridgehead atoms. The molecule has 0 aliphatic rings. The maximum absolute atomic E-state index is 11.8. The van der Waals surface area contributed by atoms with E-state index >= 15 is 0 Å². The number of carbonyl (C=O) groups is 1. The van der Waals surface area contributed by atoms with Crippen molar-refractivity contribution in [3.05, 3.63) is 63.2 Å². The highest BCUT2D eigenvalue weighted by Gasteiger charge is 2.14. The van der Waals surface area contributed by atoms with Crippen LogP contribution in [0.3, 0.4) is 0 Å². The number of nitrogens with zero attached hydrogens (tertiary/aromatic N) is 2. The number of nitro groups is 1. The van der Waals surface area contributed by atoms with Crippen LogP contribution < -0.4 is 10.2 Å². The van der Waals surface area contributed by atoms with Gasteiger partial charge in [0.2, 0.25) is 0 Å². The van der Waals surface area contributed by atoms with Gasteiger partial charge in [-0.15, -0.1) is 0 Å². The van der Waals surface area contributed by atoms with Crippen LogP contribution in [0, 0.1) is 24.0 Å². The number of phenols is 1. The number of amides is 1. The van der Waals surface area contributed by atoms with Gasteiger partial charge in [-0.25, -0.2) is 5.43 Å². The Labute approximate surface area is 143 Å². The van der Waals surface area contributed by atoms with Gasteiger partial charge in [-0.2, -0.15) is 5.10 Å². The van der Waals surface area contributed by atoms with Gasteiger partial charge < -0.3 is 9.84 Å². The van der Waals surface area contributed by atoms with Crippen molar-refractivity contribution in [2.75, 3.05) is 6.61 Å². The number of nitro benzene ring substituents is 1. The van der Waals surface area contributed by atoms with Gasteiger partial charge >= 0.3 is 0 Å². The number of carbonyl (C=O) groups excluding carboxylic acids is 1. The molecule has 1 amide bonds. The van der Waals surface area contributed by atoms with Crippen molar-refractivity contribution in [3.63, 3.8) is 0 Å². The Kier molecular flexibility index (Phi) is 5.67. The molecule has 2 N–H and O–H groups in total. The Morgan fingerprint density at radius 3 is 2.60 bits per heavy atom. The van der Waals surface area contributed by atoms with Crippen LogP contribution in [0.15, 0.2) is 41.5 Å². The SMILES string of the molecule is Cc1cc([N+](=O)[O-])cc(C)c1OCC(=O)N/N=C/c1cccc(O)c1. The van der Waals surface area contributed by atoms with Gasteiger partial charge in [-0.05, 0) is 42.7 Å². The van der Waals surface area contributed by atoms with Crippen molar-refractivity contribution in [3.8, 4) is 11.5 Å². The average Bonchev–Trinajstić information content (AvgIpc) is 2.54. The molecule has 0 aliphatic carbocycles. The predicted octanol–water partition coefficient (Wildman–Crippen LogP) is 2.45. The Bertz CT molecular complexity index is 810. The molecule has 0 saturated heterocycles. The number of hydrogen-bond acceptors (Lipinski definition) is 6. The molecule has 0 heterocycles. The van der Waals surface area contributed by atoms with E-state index < -0.39 is 10.8 Å². The Morgan fingerprint density at radius 1 is 1.32 bits per heavy atom. The van der Waals surface area contributed by atoms with Crippen LogP contribution in [0.25, 0.3) is 0 Å². The maximum Gasteiger partial charge on any atom is 0.277 e. The minimum atomic E-state index is -0.480. The number of non-ortho nitro benzene ring substituents is 1. The van der Waals surface area contributed by atoms with Crippen molar-refractivity contribution < 1.29 is 19.6 Å². The van der Waals surface area contributed by atoms with E-state index in [4.69, 9.17) is 4.74 Å². The molecule has 0 saturated carbocycles. The number of benzene rings is 2. The Balaban J connectivity index is 1.93. The molecule has 0 aromatic heterocycles. The molecule has 0 aliphatic heterocycles. The summed E-state index contributed by atoms with van der Waals surface area (Å²) in [4.78, 5) is 22.1. The lowest BCUT2D eigenvalue weighted by molar-refractivity contribution is -0.385. The highest BCUT2D eigenvalue weighted by molar-refractivity contribution is 5.83. The summed E-state index contributed by atoms with van der Waals surface area (Å²) < 4.78 is 5.44. The van der Waals surface area contributed by atoms with Crippen molar-refractivity contribution in [1.82, 2.24) is 5.43 Å². The van der Waals surface area contributed by atoms with Gasteiger partial charge in [0.25, 0.3) is 11.6 Å². The fourth-order valence-electron chi connectivity index (χ4n) is 2.21. The third kappa shape index (κ3) is 5.03. The molecule has 2 aromatic rings. The van der Waals surface area contributed by atoms with Crippen LogP contribution in [0.1, 0.15) is 16.7 Å². The zero-order valence-corrected chi connectivity index (χ0v) is 13.7. The second-order valence-electron chi connectivity index (χ2n) is 5.34. The second-order valence-corrected chi connectivity index (χ2v) is 5.34. The largest absolute Gasteiger partial charge is 0.508 e. The van der Waals surface area contributed by atoms with Crippen molar-refractivity contribution in [2.24, 2.45) is 5.10 Å². The molecule has 0 spiro atoms. The third-order valence-corrected chi connectivity index (χ3v) is 3.28. The molecular formula is C17H17N3O5. The summed E-state index contributed by atoms with van der Waals surface area (Å²) in [5.74, 6) is 0.0500. The number of nitrogens with one attached hydrogen (secondary N) is 1. The average molecular weight is 343 g/mol. The molecular weight excluding hydrogens is 326 g/mol. The normalized spacial score (nSPS) is 10.6. The Hall–Kier alpha value is -3.42. The van der Waals surface area contributed by atoms with E-state index in [1.165, 1.54) is 30.5 Å². The molecule has 25 heavy (non-hydrogen) atoms. The number of ether oxygens (including phenoxy) is 1. The number of aryl methyl sites for hydroxylation is 2. The minimum absolute atomic E-state index is 0.0254. The molecule has 130 valence electrons. The number of hydrazone groups is 1. The zero-order valence-electron chi connectivity index (χ0n) is 13.7. The lowest BCUT2D eigenvalue weighted by atomic mass is 10.1. The first-order valence-corrected chi connectivity index (χ1v) is 7.36. The van der Waals surface area contributed by atoms with Crippen LogP contribution in [0.4, 0.5) is 5.69 Å². The van der Waals surface area contributed by atoms with Crippen LogP contribution in [0.5, 0.6) is 11.5 Å². The number of rotatable bonds is 6. The van der Waals surface area contributed by atoms with Crippen LogP contribution >= 0.6 is 0 Å². The van der Waals surface area contributed by atoms with Crippen molar-refractivity contribution in [1.29, 1.82) is 0 Å². The standard InChI is InChI=1S/C17H17N3O5/c1-11-6-14(20(23)24)7-12(2)17(11)25-10-16(22)19-18-9-13-4-3-5-15(21)8-13/h3-9,21H,10H2,1-2H3,(H,19,22)/b18-9+. The van der Waals surface area contributed by atoms with E-state index in [1.807, 2.05) is 0 Å². The van der Waals surface area contributed by atoms with Gasteiger partial charge in [0, 0.05) is 12.1 Å². The number of hydrogen-bond donors (Lipinski definition) is 2. The summed E-state index contributed by atoms with van der Waals surface area (Å²) in [5.41, 5.74) is 4.05. The highest BCUT2D eigenvalue weighted by Crippen LogP contribution is 2.28. The third-order valence-electron chi connectivity index (χ3n) is 3.28. The van der Waals surface area contributed by atoms with Crippen molar-refractivity contribution in [2.45, 2.75) is 13.8 Å². The highest BCUT2D eigenvalue weighted by atomic mass is 16.6. The quantitative estimate of drug-likeness (QED) is 0.475. The minimum Gasteiger partial charge on any atom is -0.508 e. The summed E-state index contributed by atoms with van der Waals surface area (Å²) in [6.45, 7) is 3.07. The molecule has 0 atom stereocenters. The first-order chi connectivity index (χ1) is 11.9. The van der Waals surface area contributed by atoms with Gasteiger partial charge in [-0.3, -0.25) is 14.9 Å². The van der Waals surface area contributed by atoms with Crippen LogP contribution in [-0.4, -0.2) is 28.8 Å². The van der Waals surface area contributed by atoms with E-state index in [9.17, 15) is 20.0 Å². The van der Waals surface area contributed by atoms with Gasteiger partial charge in [0.15, 0.2) is 6.61 Å². The summed E-state index contributed by atoms with van der Waals surface area (Å²) in [6.07, 6.45) is 1.39. The molecule has 0 fully saturated rings. The Morgan fingerprint density at radius 2 is 2.00 bits per heavy atom. The topological polar surface area (TPSA) is 114 Å². The lowest BCUT2D eigenvalue weighted by Crippen LogP contribution is -2.25. The fraction of sp³-hybridized carbons (Fsp3) is 0.176. The van der Waals surface area contributed by atoms with Gasteiger partial charge in [0.1, 0.15) is 11.5 Å².